The maximum Gasteiger partial charge on any atom is 0.0898 e. The van der Waals surface area contributed by atoms with Crippen molar-refractivity contribution in [3.63, 3.8) is 0 Å². The molecular weight excluding hydrogens is 174 g/mol. The van der Waals surface area contributed by atoms with Crippen LogP contribution in [0.4, 0.5) is 0 Å². The summed E-state index contributed by atoms with van der Waals surface area (Å²) in [5.74, 6) is 0. The zero-order valence-corrected chi connectivity index (χ0v) is 7.51. The fraction of sp³-hybridized carbons (Fsp3) is 0. The molecule has 0 unspecified atom stereocenters. The Balaban J connectivity index is 2.33. The third-order valence-electron chi connectivity index (χ3n) is 2.32. The molecule has 14 heavy (non-hydrogen) atoms. The predicted molar refractivity (Wildman–Crippen MR) is 55.4 cm³/mol. The van der Waals surface area contributed by atoms with E-state index >= 15 is 0 Å². The van der Waals surface area contributed by atoms with Gasteiger partial charge in [-0.25, -0.2) is 4.68 Å². The second-order valence-electron chi connectivity index (χ2n) is 3.17. The first-order valence-electron chi connectivity index (χ1n) is 4.51. The quantitative estimate of drug-likeness (QED) is 0.617. The van der Waals surface area contributed by atoms with E-state index in [1.807, 2.05) is 35.3 Å². The smallest absolute Gasteiger partial charge is 0.0898 e. The second-order valence-corrected chi connectivity index (χ2v) is 3.17. The Bertz CT molecular complexity index is 549. The van der Waals surface area contributed by atoms with E-state index in [0.717, 1.165) is 11.2 Å². The predicted octanol–water partition coefficient (Wildman–Crippen LogP) is 2.35. The van der Waals surface area contributed by atoms with E-state index in [1.165, 1.54) is 5.39 Å². The molecule has 3 aromatic rings. The van der Waals surface area contributed by atoms with Gasteiger partial charge in [-0.2, -0.15) is 5.10 Å². The van der Waals surface area contributed by atoms with Gasteiger partial charge in [-0.15, -0.1) is 0 Å². The fourth-order valence-electron chi connectivity index (χ4n) is 1.66. The summed E-state index contributed by atoms with van der Waals surface area (Å²) in [5.41, 5.74) is 2.23. The third kappa shape index (κ3) is 0.956. The van der Waals surface area contributed by atoms with Gasteiger partial charge in [-0.05, 0) is 12.1 Å². The Morgan fingerprint density at radius 3 is 2.93 bits per heavy atom. The number of rotatable bonds is 1. The van der Waals surface area contributed by atoms with Crippen LogP contribution in [-0.4, -0.2) is 14.8 Å². The van der Waals surface area contributed by atoms with Crippen LogP contribution in [0.15, 0.2) is 48.9 Å². The normalized spacial score (nSPS) is 10.9. The van der Waals surface area contributed by atoms with Crippen LogP contribution in [0.2, 0.25) is 0 Å². The van der Waals surface area contributed by atoms with Crippen LogP contribution in [0.3, 0.4) is 0 Å². The first-order valence-corrected chi connectivity index (χ1v) is 4.51. The monoisotopic (exact) mass is 183 g/mol. The van der Waals surface area contributed by atoms with Gasteiger partial charge in [0.15, 0.2) is 0 Å². The molecule has 0 saturated carbocycles. The minimum absolute atomic E-state index is 1.09. The van der Waals surface area contributed by atoms with E-state index in [-0.39, 0.29) is 0 Å². The van der Waals surface area contributed by atoms with E-state index < -0.39 is 0 Å². The Hall–Kier alpha value is -2.03. The number of benzene rings is 1. The standard InChI is InChI=1S/C11H9N3/c1-2-5-10-9(4-1)11(8-12-10)14-7-3-6-13-14/h1-8,12H. The van der Waals surface area contributed by atoms with Crippen LogP contribution in [0.5, 0.6) is 0 Å². The summed E-state index contributed by atoms with van der Waals surface area (Å²) >= 11 is 0. The van der Waals surface area contributed by atoms with E-state index in [0.29, 0.717) is 0 Å². The van der Waals surface area contributed by atoms with Crippen molar-refractivity contribution >= 4 is 10.9 Å². The van der Waals surface area contributed by atoms with Gasteiger partial charge < -0.3 is 4.98 Å². The minimum Gasteiger partial charge on any atom is -0.359 e. The van der Waals surface area contributed by atoms with Crippen LogP contribution < -0.4 is 0 Å². The van der Waals surface area contributed by atoms with Gasteiger partial charge >= 0.3 is 0 Å². The topological polar surface area (TPSA) is 33.6 Å². The SMILES string of the molecule is c1ccc2c(-n3cccn3)c[nH]c2c1. The van der Waals surface area contributed by atoms with Gasteiger partial charge in [0.05, 0.1) is 5.69 Å². The highest BCUT2D eigenvalue weighted by molar-refractivity contribution is 5.87. The van der Waals surface area contributed by atoms with Crippen LogP contribution >= 0.6 is 0 Å². The van der Waals surface area contributed by atoms with Crippen molar-refractivity contribution in [1.82, 2.24) is 14.8 Å². The van der Waals surface area contributed by atoms with Crippen molar-refractivity contribution in [2.24, 2.45) is 0 Å². The number of aromatic amines is 1. The van der Waals surface area contributed by atoms with Gasteiger partial charge in [0.2, 0.25) is 0 Å². The van der Waals surface area contributed by atoms with Crippen molar-refractivity contribution in [3.05, 3.63) is 48.9 Å². The molecule has 2 aromatic heterocycles. The van der Waals surface area contributed by atoms with Crippen molar-refractivity contribution < 1.29 is 0 Å². The van der Waals surface area contributed by atoms with Gasteiger partial charge in [0.25, 0.3) is 0 Å². The van der Waals surface area contributed by atoms with Crippen LogP contribution in [0, 0.1) is 0 Å². The van der Waals surface area contributed by atoms with Gasteiger partial charge in [-0.1, -0.05) is 18.2 Å². The van der Waals surface area contributed by atoms with Gasteiger partial charge in [0.1, 0.15) is 0 Å². The van der Waals surface area contributed by atoms with E-state index in [4.69, 9.17) is 0 Å². The van der Waals surface area contributed by atoms with Crippen molar-refractivity contribution in [1.29, 1.82) is 0 Å². The molecular formula is C11H9N3. The van der Waals surface area contributed by atoms with Crippen molar-refractivity contribution in [3.8, 4) is 5.69 Å². The number of nitrogens with zero attached hydrogens (tertiary/aromatic N) is 2. The summed E-state index contributed by atoms with van der Waals surface area (Å²) in [7, 11) is 0. The zero-order chi connectivity index (χ0) is 9.38. The second kappa shape index (κ2) is 2.73. The lowest BCUT2D eigenvalue weighted by molar-refractivity contribution is 0.887. The molecule has 3 nitrogen and oxygen atoms in total. The molecule has 0 aliphatic rings. The average Bonchev–Trinajstić information content (AvgIpc) is 2.85. The molecule has 0 spiro atoms. The molecule has 0 fully saturated rings. The molecule has 0 aliphatic carbocycles. The first-order chi connectivity index (χ1) is 6.95. The zero-order valence-electron chi connectivity index (χ0n) is 7.51. The molecule has 68 valence electrons. The maximum absolute atomic E-state index is 4.21. The van der Waals surface area contributed by atoms with E-state index in [9.17, 15) is 0 Å². The van der Waals surface area contributed by atoms with Gasteiger partial charge in [0, 0.05) is 29.5 Å². The Morgan fingerprint density at radius 2 is 2.07 bits per heavy atom. The number of fused-ring (bicyclic) bond motifs is 1. The molecule has 0 amide bonds. The highest BCUT2D eigenvalue weighted by Gasteiger charge is 2.03. The minimum atomic E-state index is 1.09. The molecule has 0 bridgehead atoms. The Morgan fingerprint density at radius 1 is 1.14 bits per heavy atom. The molecule has 1 N–H and O–H groups in total. The number of nitrogens with one attached hydrogen (secondary N) is 1. The summed E-state index contributed by atoms with van der Waals surface area (Å²) in [4.78, 5) is 3.22. The lowest BCUT2D eigenvalue weighted by Crippen LogP contribution is -1.91. The van der Waals surface area contributed by atoms with Crippen LogP contribution in [0.25, 0.3) is 16.6 Å². The van der Waals surface area contributed by atoms with Crippen LogP contribution in [-0.2, 0) is 0 Å². The third-order valence-corrected chi connectivity index (χ3v) is 2.32. The largest absolute Gasteiger partial charge is 0.359 e. The summed E-state index contributed by atoms with van der Waals surface area (Å²) in [6.07, 6.45) is 5.69. The highest BCUT2D eigenvalue weighted by atomic mass is 15.3. The summed E-state index contributed by atoms with van der Waals surface area (Å²) < 4.78 is 1.86. The summed E-state index contributed by atoms with van der Waals surface area (Å²) in [6.45, 7) is 0. The number of H-pyrrole nitrogens is 1. The highest BCUT2D eigenvalue weighted by Crippen LogP contribution is 2.20. The number of para-hydroxylation sites is 1. The summed E-state index contributed by atoms with van der Waals surface area (Å²) in [6, 6.07) is 10.1. The average molecular weight is 183 g/mol. The fourth-order valence-corrected chi connectivity index (χ4v) is 1.66. The molecule has 3 rings (SSSR count). The maximum atomic E-state index is 4.21. The van der Waals surface area contributed by atoms with Crippen molar-refractivity contribution in [2.45, 2.75) is 0 Å². The van der Waals surface area contributed by atoms with E-state index in [2.05, 4.69) is 22.2 Å². The van der Waals surface area contributed by atoms with Crippen molar-refractivity contribution in [2.75, 3.05) is 0 Å². The lowest BCUT2D eigenvalue weighted by Gasteiger charge is -1.97. The number of hydrogen-bond acceptors (Lipinski definition) is 1. The Kier molecular flexibility index (Phi) is 1.44. The van der Waals surface area contributed by atoms with E-state index in [1.54, 1.807) is 6.20 Å². The Labute approximate surface area is 81.0 Å². The molecule has 0 radical (unpaired) electrons. The summed E-state index contributed by atoms with van der Waals surface area (Å²) in [5, 5.41) is 5.40. The lowest BCUT2D eigenvalue weighted by atomic mass is 10.2. The molecule has 0 saturated heterocycles. The molecule has 0 atom stereocenters. The molecule has 0 aliphatic heterocycles. The first kappa shape index (κ1) is 7.38. The number of aromatic nitrogens is 3. The van der Waals surface area contributed by atoms with Gasteiger partial charge in [-0.3, -0.25) is 0 Å². The molecule has 1 aromatic carbocycles. The molecule has 3 heteroatoms. The van der Waals surface area contributed by atoms with Crippen LogP contribution in [0.1, 0.15) is 0 Å². The number of hydrogen-bond donors (Lipinski definition) is 1. The molecule has 2 heterocycles.